The zero-order valence-corrected chi connectivity index (χ0v) is 8.80. The van der Waals surface area contributed by atoms with Crippen LogP contribution in [0.3, 0.4) is 0 Å². The molecule has 0 aromatic carbocycles. The number of carbonyl (C=O) groups excluding carboxylic acids is 1. The van der Waals surface area contributed by atoms with Crippen molar-refractivity contribution < 1.29 is 20.1 Å². The molecule has 4 nitrogen and oxygen atoms in total. The number of carbonyl (C=O) groups is 1. The van der Waals surface area contributed by atoms with Crippen LogP contribution in [0.25, 0.3) is 0 Å². The summed E-state index contributed by atoms with van der Waals surface area (Å²) in [6.45, 7) is 6.58. The van der Waals surface area contributed by atoms with Gasteiger partial charge in [0.1, 0.15) is 0 Å². The van der Waals surface area contributed by atoms with Crippen molar-refractivity contribution in [2.24, 2.45) is 0 Å². The van der Waals surface area contributed by atoms with Gasteiger partial charge in [0.2, 0.25) is 0 Å². The Morgan fingerprint density at radius 1 is 1.23 bits per heavy atom. The van der Waals surface area contributed by atoms with E-state index in [9.17, 15) is 4.79 Å². The maximum Gasteiger partial charge on any atom is 0.305 e. The summed E-state index contributed by atoms with van der Waals surface area (Å²) in [4.78, 5) is 10.3. The molecule has 0 saturated carbocycles. The third-order valence-corrected chi connectivity index (χ3v) is 0.979. The topological polar surface area (TPSA) is 78.0 Å². The van der Waals surface area contributed by atoms with Gasteiger partial charge in [0.25, 0.3) is 0 Å². The van der Waals surface area contributed by atoms with Gasteiger partial charge in [-0.15, -0.1) is 0 Å². The first-order valence-electron chi connectivity index (χ1n) is 4.49. The molecule has 13 heavy (non-hydrogen) atoms. The van der Waals surface area contributed by atoms with Crippen molar-refractivity contribution in [3.05, 3.63) is 0 Å². The zero-order chi connectivity index (χ0) is 9.82. The first-order chi connectivity index (χ1) is 5.72. The van der Waals surface area contributed by atoms with Crippen LogP contribution in [0, 0.1) is 0 Å². The Kier molecular flexibility index (Phi) is 24.5. The van der Waals surface area contributed by atoms with Crippen LogP contribution >= 0.6 is 0 Å². The molecule has 0 bridgehead atoms. The third kappa shape index (κ3) is 24.6. The fourth-order valence-corrected chi connectivity index (χ4v) is 0.318. The summed E-state index contributed by atoms with van der Waals surface area (Å²) in [6.07, 6.45) is 2.27. The molecule has 0 spiro atoms. The molecule has 3 N–H and O–H groups in total. The standard InChI is InChI=1S/C6H12O2.C3H8O.H2O/c1-3-5-8-6(7)4-2;1-2-3-4;/h3-5H2,1-2H3;4H,2-3H2,1H3;1H2. The van der Waals surface area contributed by atoms with Crippen molar-refractivity contribution in [2.75, 3.05) is 13.2 Å². The molecule has 0 aliphatic carbocycles. The summed E-state index contributed by atoms with van der Waals surface area (Å²) in [7, 11) is 0. The van der Waals surface area contributed by atoms with Crippen molar-refractivity contribution in [1.29, 1.82) is 0 Å². The van der Waals surface area contributed by atoms with E-state index >= 15 is 0 Å². The summed E-state index contributed by atoms with van der Waals surface area (Å²) >= 11 is 0. The molecular formula is C9H22O4. The van der Waals surface area contributed by atoms with E-state index in [4.69, 9.17) is 9.84 Å². The molecule has 0 heterocycles. The van der Waals surface area contributed by atoms with Crippen LogP contribution in [-0.2, 0) is 9.53 Å². The Hall–Kier alpha value is -0.610. The normalized spacial score (nSPS) is 7.69. The SMILES string of the molecule is CCCO.CCCOC(=O)CC.O. The monoisotopic (exact) mass is 194 g/mol. The van der Waals surface area contributed by atoms with Gasteiger partial charge in [0, 0.05) is 13.0 Å². The van der Waals surface area contributed by atoms with E-state index in [0.717, 1.165) is 12.8 Å². The average Bonchev–Trinajstić information content (AvgIpc) is 2.14. The molecule has 0 saturated heterocycles. The number of aliphatic hydroxyl groups excluding tert-OH is 1. The van der Waals surface area contributed by atoms with Crippen molar-refractivity contribution in [2.45, 2.75) is 40.0 Å². The van der Waals surface area contributed by atoms with Crippen molar-refractivity contribution in [3.63, 3.8) is 0 Å². The Morgan fingerprint density at radius 3 is 1.92 bits per heavy atom. The minimum atomic E-state index is -0.105. The average molecular weight is 194 g/mol. The van der Waals surface area contributed by atoms with Crippen molar-refractivity contribution in [1.82, 2.24) is 0 Å². The molecule has 82 valence electrons. The van der Waals surface area contributed by atoms with E-state index in [2.05, 4.69) is 0 Å². The van der Waals surface area contributed by atoms with E-state index in [1.54, 1.807) is 6.92 Å². The van der Waals surface area contributed by atoms with Crippen LogP contribution in [0.5, 0.6) is 0 Å². The fourth-order valence-electron chi connectivity index (χ4n) is 0.318. The van der Waals surface area contributed by atoms with Gasteiger partial charge < -0.3 is 15.3 Å². The summed E-state index contributed by atoms with van der Waals surface area (Å²) in [5, 5.41) is 7.88. The molecule has 0 unspecified atom stereocenters. The number of aliphatic hydroxyl groups is 1. The van der Waals surface area contributed by atoms with Gasteiger partial charge in [-0.2, -0.15) is 0 Å². The highest BCUT2D eigenvalue weighted by Crippen LogP contribution is 1.85. The molecule has 0 atom stereocenters. The number of hydrogen-bond donors (Lipinski definition) is 1. The predicted molar refractivity (Wildman–Crippen MR) is 52.5 cm³/mol. The molecule has 4 heteroatoms. The molecule has 0 rings (SSSR count). The molecule has 0 aromatic heterocycles. The summed E-state index contributed by atoms with van der Waals surface area (Å²) in [5.74, 6) is -0.105. The molecule has 0 aliphatic rings. The van der Waals surface area contributed by atoms with E-state index < -0.39 is 0 Å². The van der Waals surface area contributed by atoms with Gasteiger partial charge >= 0.3 is 5.97 Å². The largest absolute Gasteiger partial charge is 0.466 e. The number of ether oxygens (including phenoxy) is 1. The van der Waals surface area contributed by atoms with Crippen LogP contribution < -0.4 is 0 Å². The van der Waals surface area contributed by atoms with Gasteiger partial charge in [-0.05, 0) is 12.8 Å². The Balaban J connectivity index is -0.000000173. The summed E-state index contributed by atoms with van der Waals surface area (Å²) < 4.78 is 4.70. The zero-order valence-electron chi connectivity index (χ0n) is 8.80. The third-order valence-electron chi connectivity index (χ3n) is 0.979. The van der Waals surface area contributed by atoms with Gasteiger partial charge in [-0.25, -0.2) is 0 Å². The lowest BCUT2D eigenvalue weighted by Gasteiger charge is -1.97. The Bertz CT molecular complexity index is 91.6. The van der Waals surface area contributed by atoms with Crippen LogP contribution in [0.1, 0.15) is 40.0 Å². The second-order valence-electron chi connectivity index (χ2n) is 2.30. The van der Waals surface area contributed by atoms with Gasteiger partial charge in [-0.1, -0.05) is 20.8 Å². The Labute approximate surface area is 80.2 Å². The van der Waals surface area contributed by atoms with Crippen LogP contribution in [0.2, 0.25) is 0 Å². The van der Waals surface area contributed by atoms with E-state index in [1.165, 1.54) is 0 Å². The van der Waals surface area contributed by atoms with E-state index in [1.807, 2.05) is 13.8 Å². The highest BCUT2D eigenvalue weighted by molar-refractivity contribution is 5.68. The quantitative estimate of drug-likeness (QED) is 0.676. The Morgan fingerprint density at radius 2 is 1.69 bits per heavy atom. The number of hydrogen-bond acceptors (Lipinski definition) is 3. The second-order valence-corrected chi connectivity index (χ2v) is 2.30. The van der Waals surface area contributed by atoms with Crippen LogP contribution in [0.4, 0.5) is 0 Å². The lowest BCUT2D eigenvalue weighted by Crippen LogP contribution is -2.02. The fraction of sp³-hybridized carbons (Fsp3) is 0.889. The molecule has 0 fully saturated rings. The minimum absolute atomic E-state index is 0. The first-order valence-corrected chi connectivity index (χ1v) is 4.49. The summed E-state index contributed by atoms with van der Waals surface area (Å²) in [6, 6.07) is 0. The van der Waals surface area contributed by atoms with E-state index in [0.29, 0.717) is 19.6 Å². The maximum absolute atomic E-state index is 10.3. The molecule has 0 radical (unpaired) electrons. The molecule has 0 aliphatic heterocycles. The highest BCUT2D eigenvalue weighted by Gasteiger charge is 1.93. The smallest absolute Gasteiger partial charge is 0.305 e. The predicted octanol–water partition coefficient (Wildman–Crippen LogP) is 0.914. The number of esters is 1. The lowest BCUT2D eigenvalue weighted by molar-refractivity contribution is -0.143. The van der Waals surface area contributed by atoms with Gasteiger partial charge in [-0.3, -0.25) is 4.79 Å². The highest BCUT2D eigenvalue weighted by atomic mass is 16.5. The van der Waals surface area contributed by atoms with Crippen molar-refractivity contribution >= 4 is 5.97 Å². The minimum Gasteiger partial charge on any atom is -0.466 e. The van der Waals surface area contributed by atoms with Gasteiger partial charge in [0.15, 0.2) is 0 Å². The molecule has 0 amide bonds. The maximum atomic E-state index is 10.3. The molecule has 0 aromatic rings. The van der Waals surface area contributed by atoms with Gasteiger partial charge in [0.05, 0.1) is 6.61 Å². The van der Waals surface area contributed by atoms with Crippen LogP contribution in [-0.4, -0.2) is 29.8 Å². The summed E-state index contributed by atoms with van der Waals surface area (Å²) in [5.41, 5.74) is 0. The molecular weight excluding hydrogens is 172 g/mol. The number of rotatable bonds is 4. The lowest BCUT2D eigenvalue weighted by atomic mass is 10.5. The van der Waals surface area contributed by atoms with E-state index in [-0.39, 0.29) is 11.4 Å². The van der Waals surface area contributed by atoms with Crippen molar-refractivity contribution in [3.8, 4) is 0 Å². The second kappa shape index (κ2) is 17.5. The first kappa shape index (κ1) is 18.2. The van der Waals surface area contributed by atoms with Crippen LogP contribution in [0.15, 0.2) is 0 Å².